The second-order valence-electron chi connectivity index (χ2n) is 4.40. The van der Waals surface area contributed by atoms with Crippen molar-refractivity contribution < 1.29 is 0 Å². The van der Waals surface area contributed by atoms with E-state index >= 15 is 0 Å². The Hall–Kier alpha value is -0.0800. The minimum absolute atomic E-state index is 0.869. The highest BCUT2D eigenvalue weighted by Crippen LogP contribution is 2.18. The van der Waals surface area contributed by atoms with Gasteiger partial charge in [-0.1, -0.05) is 13.3 Å². The molecule has 1 unspecified atom stereocenters. The summed E-state index contributed by atoms with van der Waals surface area (Å²) < 4.78 is 0. The molecule has 0 spiro atoms. The van der Waals surface area contributed by atoms with E-state index in [0.717, 1.165) is 6.04 Å². The molecule has 0 saturated carbocycles. The van der Waals surface area contributed by atoms with Gasteiger partial charge in [0, 0.05) is 19.1 Å². The van der Waals surface area contributed by atoms with Crippen molar-refractivity contribution in [3.05, 3.63) is 0 Å². The zero-order valence-electron chi connectivity index (χ0n) is 9.42. The molecule has 13 heavy (non-hydrogen) atoms. The molecule has 0 aliphatic carbocycles. The fourth-order valence-electron chi connectivity index (χ4n) is 2.15. The zero-order chi connectivity index (χ0) is 9.68. The van der Waals surface area contributed by atoms with Gasteiger partial charge in [-0.05, 0) is 39.9 Å². The minimum Gasteiger partial charge on any atom is -0.308 e. The highest BCUT2D eigenvalue weighted by Gasteiger charge is 2.19. The Morgan fingerprint density at radius 1 is 1.31 bits per heavy atom. The SMILES string of the molecule is CCC1CCCCN1CCN(C)C. The van der Waals surface area contributed by atoms with E-state index in [1.807, 2.05) is 0 Å². The average Bonchev–Trinajstić information content (AvgIpc) is 2.15. The van der Waals surface area contributed by atoms with E-state index in [2.05, 4.69) is 30.8 Å². The maximum atomic E-state index is 2.67. The van der Waals surface area contributed by atoms with Gasteiger partial charge in [-0.3, -0.25) is 4.90 Å². The van der Waals surface area contributed by atoms with Crippen LogP contribution in [0.2, 0.25) is 0 Å². The molecule has 2 nitrogen and oxygen atoms in total. The smallest absolute Gasteiger partial charge is 0.0112 e. The summed E-state index contributed by atoms with van der Waals surface area (Å²) in [6, 6.07) is 0.869. The molecule has 0 radical (unpaired) electrons. The van der Waals surface area contributed by atoms with Crippen LogP contribution in [0.1, 0.15) is 32.6 Å². The van der Waals surface area contributed by atoms with Crippen LogP contribution < -0.4 is 0 Å². The standard InChI is InChI=1S/C11H24N2/c1-4-11-7-5-6-8-13(11)10-9-12(2)3/h11H,4-10H2,1-3H3. The molecule has 1 atom stereocenters. The highest BCUT2D eigenvalue weighted by molar-refractivity contribution is 4.75. The van der Waals surface area contributed by atoms with Crippen molar-refractivity contribution in [2.45, 2.75) is 38.6 Å². The van der Waals surface area contributed by atoms with E-state index in [1.165, 1.54) is 45.3 Å². The van der Waals surface area contributed by atoms with Crippen LogP contribution in [-0.4, -0.2) is 49.6 Å². The van der Waals surface area contributed by atoms with E-state index in [4.69, 9.17) is 0 Å². The summed E-state index contributed by atoms with van der Waals surface area (Å²) in [5.74, 6) is 0. The average molecular weight is 184 g/mol. The minimum atomic E-state index is 0.869. The fourth-order valence-corrected chi connectivity index (χ4v) is 2.15. The van der Waals surface area contributed by atoms with Gasteiger partial charge in [0.1, 0.15) is 0 Å². The van der Waals surface area contributed by atoms with Crippen molar-refractivity contribution in [3.63, 3.8) is 0 Å². The molecule has 1 heterocycles. The highest BCUT2D eigenvalue weighted by atomic mass is 15.2. The van der Waals surface area contributed by atoms with Crippen LogP contribution in [0.15, 0.2) is 0 Å². The normalized spacial score (nSPS) is 25.4. The second kappa shape index (κ2) is 5.61. The summed E-state index contributed by atoms with van der Waals surface area (Å²) in [4.78, 5) is 4.95. The van der Waals surface area contributed by atoms with Gasteiger partial charge in [0.05, 0.1) is 0 Å². The fraction of sp³-hybridized carbons (Fsp3) is 1.00. The van der Waals surface area contributed by atoms with E-state index in [0.29, 0.717) is 0 Å². The molecule has 0 aromatic carbocycles. The van der Waals surface area contributed by atoms with Gasteiger partial charge in [-0.2, -0.15) is 0 Å². The molecule has 1 fully saturated rings. The van der Waals surface area contributed by atoms with Gasteiger partial charge < -0.3 is 4.90 Å². The maximum Gasteiger partial charge on any atom is 0.0112 e. The van der Waals surface area contributed by atoms with Gasteiger partial charge in [0.25, 0.3) is 0 Å². The van der Waals surface area contributed by atoms with Crippen molar-refractivity contribution in [1.29, 1.82) is 0 Å². The predicted octanol–water partition coefficient (Wildman–Crippen LogP) is 1.81. The van der Waals surface area contributed by atoms with Crippen molar-refractivity contribution in [3.8, 4) is 0 Å². The number of nitrogens with zero attached hydrogens (tertiary/aromatic N) is 2. The van der Waals surface area contributed by atoms with Crippen molar-refractivity contribution in [2.75, 3.05) is 33.7 Å². The Labute approximate surface area is 82.9 Å². The third-order valence-electron chi connectivity index (χ3n) is 3.05. The summed E-state index contributed by atoms with van der Waals surface area (Å²) in [5.41, 5.74) is 0. The number of hydrogen-bond donors (Lipinski definition) is 0. The van der Waals surface area contributed by atoms with Crippen LogP contribution >= 0.6 is 0 Å². The Kier molecular flexibility index (Phi) is 4.74. The molecule has 1 aliphatic heterocycles. The van der Waals surface area contributed by atoms with Crippen molar-refractivity contribution in [1.82, 2.24) is 9.80 Å². The van der Waals surface area contributed by atoms with Crippen LogP contribution in [0.4, 0.5) is 0 Å². The largest absolute Gasteiger partial charge is 0.308 e. The van der Waals surface area contributed by atoms with E-state index in [-0.39, 0.29) is 0 Å². The number of likely N-dealkylation sites (N-methyl/N-ethyl adjacent to an activating group) is 1. The molecule has 0 bridgehead atoms. The topological polar surface area (TPSA) is 6.48 Å². The third-order valence-corrected chi connectivity index (χ3v) is 3.05. The first kappa shape index (κ1) is 11.0. The number of likely N-dealkylation sites (tertiary alicyclic amines) is 1. The van der Waals surface area contributed by atoms with Gasteiger partial charge in [-0.15, -0.1) is 0 Å². The van der Waals surface area contributed by atoms with Crippen LogP contribution in [0.3, 0.4) is 0 Å². The Morgan fingerprint density at radius 2 is 2.08 bits per heavy atom. The molecule has 0 aromatic rings. The molecular weight excluding hydrogens is 160 g/mol. The lowest BCUT2D eigenvalue weighted by molar-refractivity contribution is 0.133. The maximum absolute atomic E-state index is 2.67. The monoisotopic (exact) mass is 184 g/mol. The second-order valence-corrected chi connectivity index (χ2v) is 4.40. The van der Waals surface area contributed by atoms with Crippen LogP contribution in [0, 0.1) is 0 Å². The van der Waals surface area contributed by atoms with Crippen LogP contribution in [0.25, 0.3) is 0 Å². The summed E-state index contributed by atoms with van der Waals surface area (Å²) >= 11 is 0. The first-order valence-corrected chi connectivity index (χ1v) is 5.62. The Morgan fingerprint density at radius 3 is 2.69 bits per heavy atom. The lowest BCUT2D eigenvalue weighted by Crippen LogP contribution is -2.42. The quantitative estimate of drug-likeness (QED) is 0.657. The summed E-state index contributed by atoms with van der Waals surface area (Å²) in [6.07, 6.45) is 5.60. The van der Waals surface area contributed by atoms with Gasteiger partial charge in [-0.25, -0.2) is 0 Å². The predicted molar refractivity (Wildman–Crippen MR) is 58.1 cm³/mol. The summed E-state index contributed by atoms with van der Waals surface area (Å²) in [7, 11) is 4.32. The lowest BCUT2D eigenvalue weighted by atomic mass is 10.0. The molecule has 78 valence electrons. The molecule has 0 N–H and O–H groups in total. The van der Waals surface area contributed by atoms with Crippen LogP contribution in [-0.2, 0) is 0 Å². The van der Waals surface area contributed by atoms with Crippen LogP contribution in [0.5, 0.6) is 0 Å². The van der Waals surface area contributed by atoms with Crippen molar-refractivity contribution in [2.24, 2.45) is 0 Å². The summed E-state index contributed by atoms with van der Waals surface area (Å²) in [6.45, 7) is 6.10. The van der Waals surface area contributed by atoms with E-state index in [1.54, 1.807) is 0 Å². The zero-order valence-corrected chi connectivity index (χ0v) is 9.42. The number of hydrogen-bond acceptors (Lipinski definition) is 2. The van der Waals surface area contributed by atoms with Gasteiger partial charge >= 0.3 is 0 Å². The molecule has 1 saturated heterocycles. The summed E-state index contributed by atoms with van der Waals surface area (Å²) in [5, 5.41) is 0. The van der Waals surface area contributed by atoms with Gasteiger partial charge in [0.15, 0.2) is 0 Å². The molecule has 2 heteroatoms. The Bertz CT molecular complexity index is 134. The molecule has 0 aromatic heterocycles. The van der Waals surface area contributed by atoms with Gasteiger partial charge in [0.2, 0.25) is 0 Å². The third kappa shape index (κ3) is 3.65. The van der Waals surface area contributed by atoms with E-state index in [9.17, 15) is 0 Å². The van der Waals surface area contributed by atoms with Crippen molar-refractivity contribution >= 4 is 0 Å². The Balaban J connectivity index is 2.27. The molecule has 0 amide bonds. The lowest BCUT2D eigenvalue weighted by Gasteiger charge is -2.35. The molecular formula is C11H24N2. The molecule has 1 aliphatic rings. The first-order chi connectivity index (χ1) is 6.24. The van der Waals surface area contributed by atoms with E-state index < -0.39 is 0 Å². The number of piperidine rings is 1. The molecule has 1 rings (SSSR count). The number of rotatable bonds is 4. The first-order valence-electron chi connectivity index (χ1n) is 5.62.